The number of hydrogen-bond acceptors (Lipinski definition) is 4. The van der Waals surface area contributed by atoms with Crippen LogP contribution < -0.4 is 5.32 Å². The summed E-state index contributed by atoms with van der Waals surface area (Å²) in [6, 6.07) is 10.4. The van der Waals surface area contributed by atoms with Crippen LogP contribution in [0.3, 0.4) is 0 Å². The van der Waals surface area contributed by atoms with Crippen LogP contribution in [0.1, 0.15) is 11.1 Å². The van der Waals surface area contributed by atoms with E-state index in [1.807, 2.05) is 13.1 Å². The van der Waals surface area contributed by atoms with E-state index in [0.717, 1.165) is 16.6 Å². The molecule has 0 bridgehead atoms. The number of rotatable bonds is 4. The lowest BCUT2D eigenvalue weighted by Crippen LogP contribution is -1.93. The van der Waals surface area contributed by atoms with Crippen molar-refractivity contribution in [2.75, 3.05) is 12.4 Å². The van der Waals surface area contributed by atoms with Crippen molar-refractivity contribution in [2.24, 2.45) is 0 Å². The molecule has 1 aromatic carbocycles. The van der Waals surface area contributed by atoms with E-state index in [9.17, 15) is 0 Å². The molecule has 0 aliphatic carbocycles. The molecule has 1 heterocycles. The molecule has 0 amide bonds. The Morgan fingerprint density at radius 2 is 2.06 bits per heavy atom. The molecule has 4 heteroatoms. The molecule has 0 fully saturated rings. The highest BCUT2D eigenvalue weighted by molar-refractivity contribution is 7.98. The maximum Gasteiger partial charge on any atom is 0.130 e. The van der Waals surface area contributed by atoms with Gasteiger partial charge in [-0.1, -0.05) is 24.3 Å². The summed E-state index contributed by atoms with van der Waals surface area (Å²) in [6.45, 7) is 2.13. The summed E-state index contributed by atoms with van der Waals surface area (Å²) in [5, 5.41) is 4.01. The average molecular weight is 245 g/mol. The molecule has 0 aliphatic rings. The number of nitrogens with one attached hydrogen (secondary N) is 1. The molecule has 2 aromatic rings. The van der Waals surface area contributed by atoms with Crippen LogP contribution in [0, 0.1) is 6.92 Å². The van der Waals surface area contributed by atoms with Gasteiger partial charge in [0.05, 0.1) is 0 Å². The van der Waals surface area contributed by atoms with Crippen LogP contribution in [0.4, 0.5) is 5.82 Å². The van der Waals surface area contributed by atoms with Gasteiger partial charge in [-0.05, 0) is 18.1 Å². The van der Waals surface area contributed by atoms with Gasteiger partial charge in [0.1, 0.15) is 17.2 Å². The molecule has 1 N–H and O–H groups in total. The third-order valence-electron chi connectivity index (χ3n) is 2.53. The molecule has 88 valence electrons. The van der Waals surface area contributed by atoms with Gasteiger partial charge in [0.2, 0.25) is 0 Å². The zero-order valence-corrected chi connectivity index (χ0v) is 10.8. The second-order valence-corrected chi connectivity index (χ2v) is 4.70. The first-order chi connectivity index (χ1) is 8.29. The maximum atomic E-state index is 4.24. The summed E-state index contributed by atoms with van der Waals surface area (Å²) in [5.74, 6) is 1.79. The van der Waals surface area contributed by atoms with Gasteiger partial charge < -0.3 is 5.32 Å². The molecule has 1 aromatic heterocycles. The highest BCUT2D eigenvalue weighted by Gasteiger charge is 2.01. The van der Waals surface area contributed by atoms with Gasteiger partial charge in [-0.2, -0.15) is 0 Å². The highest BCUT2D eigenvalue weighted by atomic mass is 32.2. The van der Waals surface area contributed by atoms with E-state index in [-0.39, 0.29) is 0 Å². The molecule has 0 saturated carbocycles. The molecule has 0 unspecified atom stereocenters. The van der Waals surface area contributed by atoms with E-state index < -0.39 is 0 Å². The summed E-state index contributed by atoms with van der Waals surface area (Å²) < 4.78 is 0. The van der Waals surface area contributed by atoms with E-state index in [0.29, 0.717) is 0 Å². The fourth-order valence-electron chi connectivity index (χ4n) is 1.48. The Hall–Kier alpha value is -1.55. The monoisotopic (exact) mass is 245 g/mol. The summed E-state index contributed by atoms with van der Waals surface area (Å²) in [4.78, 5) is 8.34. The average Bonchev–Trinajstić information content (AvgIpc) is 2.38. The Bertz CT molecular complexity index is 500. The van der Waals surface area contributed by atoms with Gasteiger partial charge in [0, 0.05) is 18.9 Å². The lowest BCUT2D eigenvalue weighted by atomic mass is 10.1. The van der Waals surface area contributed by atoms with Crippen molar-refractivity contribution in [3.05, 3.63) is 47.8 Å². The Kier molecular flexibility index (Phi) is 3.98. The van der Waals surface area contributed by atoms with Crippen LogP contribution in [0.2, 0.25) is 0 Å². The smallest absolute Gasteiger partial charge is 0.130 e. The van der Waals surface area contributed by atoms with Crippen LogP contribution in [-0.4, -0.2) is 17.0 Å². The van der Waals surface area contributed by atoms with Gasteiger partial charge in [0.15, 0.2) is 0 Å². The summed E-state index contributed by atoms with van der Waals surface area (Å²) >= 11 is 1.73. The summed E-state index contributed by atoms with van der Waals surface area (Å²) in [5.41, 5.74) is 2.67. The quantitative estimate of drug-likeness (QED) is 0.663. The standard InChI is InChI=1S/C13H15N3S/c1-10-5-3-4-6-11(10)8-17-13-7-12(14-2)15-9-16-13/h3-7,9H,8H2,1-2H3,(H,14,15,16). The molecule has 0 atom stereocenters. The SMILES string of the molecule is CNc1cc(SCc2ccccc2C)ncn1. The van der Waals surface area contributed by atoms with E-state index >= 15 is 0 Å². The number of thioether (sulfide) groups is 1. The third-order valence-corrected chi connectivity index (χ3v) is 3.51. The predicted molar refractivity (Wildman–Crippen MR) is 72.3 cm³/mol. The zero-order chi connectivity index (χ0) is 12.1. The number of aryl methyl sites for hydroxylation is 1. The van der Waals surface area contributed by atoms with Crippen LogP contribution in [0.15, 0.2) is 41.7 Å². The van der Waals surface area contributed by atoms with Gasteiger partial charge in [-0.3, -0.25) is 0 Å². The largest absolute Gasteiger partial charge is 0.373 e. The van der Waals surface area contributed by atoms with Gasteiger partial charge >= 0.3 is 0 Å². The highest BCUT2D eigenvalue weighted by Crippen LogP contribution is 2.23. The van der Waals surface area contributed by atoms with Crippen molar-refractivity contribution in [1.29, 1.82) is 0 Å². The minimum absolute atomic E-state index is 0.854. The van der Waals surface area contributed by atoms with Crippen LogP contribution in [0.5, 0.6) is 0 Å². The Morgan fingerprint density at radius 1 is 1.24 bits per heavy atom. The van der Waals surface area contributed by atoms with Crippen molar-refractivity contribution < 1.29 is 0 Å². The molecular formula is C13H15N3S. The Labute approximate surface area is 106 Å². The lowest BCUT2D eigenvalue weighted by Gasteiger charge is -2.05. The minimum atomic E-state index is 0.854. The number of aromatic nitrogens is 2. The molecule has 17 heavy (non-hydrogen) atoms. The number of nitrogens with zero attached hydrogens (tertiary/aromatic N) is 2. The first kappa shape index (κ1) is 11.9. The van der Waals surface area contributed by atoms with Crippen molar-refractivity contribution in [3.8, 4) is 0 Å². The molecule has 2 rings (SSSR count). The van der Waals surface area contributed by atoms with Crippen molar-refractivity contribution >= 4 is 17.6 Å². The second kappa shape index (κ2) is 5.68. The summed E-state index contributed by atoms with van der Waals surface area (Å²) in [7, 11) is 1.86. The van der Waals surface area contributed by atoms with Gasteiger partial charge in [-0.15, -0.1) is 11.8 Å². The molecule has 0 saturated heterocycles. The van der Waals surface area contributed by atoms with E-state index in [2.05, 4.69) is 46.5 Å². The minimum Gasteiger partial charge on any atom is -0.373 e. The number of anilines is 1. The molecule has 0 aliphatic heterocycles. The number of hydrogen-bond donors (Lipinski definition) is 1. The predicted octanol–water partition coefficient (Wildman–Crippen LogP) is 3.12. The van der Waals surface area contributed by atoms with Crippen molar-refractivity contribution in [3.63, 3.8) is 0 Å². The Balaban J connectivity index is 2.05. The van der Waals surface area contributed by atoms with Crippen LogP contribution in [0.25, 0.3) is 0 Å². The normalized spacial score (nSPS) is 10.2. The van der Waals surface area contributed by atoms with E-state index in [1.54, 1.807) is 18.1 Å². The van der Waals surface area contributed by atoms with Crippen molar-refractivity contribution in [1.82, 2.24) is 9.97 Å². The molecule has 0 radical (unpaired) electrons. The first-order valence-electron chi connectivity index (χ1n) is 5.46. The van der Waals surface area contributed by atoms with Gasteiger partial charge in [0.25, 0.3) is 0 Å². The molecule has 0 spiro atoms. The third kappa shape index (κ3) is 3.20. The lowest BCUT2D eigenvalue weighted by molar-refractivity contribution is 1.04. The summed E-state index contributed by atoms with van der Waals surface area (Å²) in [6.07, 6.45) is 1.59. The van der Waals surface area contributed by atoms with Crippen LogP contribution in [-0.2, 0) is 5.75 Å². The second-order valence-electron chi connectivity index (χ2n) is 3.71. The zero-order valence-electron chi connectivity index (χ0n) is 9.97. The fraction of sp³-hybridized carbons (Fsp3) is 0.231. The molecule has 3 nitrogen and oxygen atoms in total. The van der Waals surface area contributed by atoms with Gasteiger partial charge in [-0.25, -0.2) is 9.97 Å². The number of benzene rings is 1. The van der Waals surface area contributed by atoms with E-state index in [4.69, 9.17) is 0 Å². The topological polar surface area (TPSA) is 37.8 Å². The fourth-order valence-corrected chi connectivity index (χ4v) is 2.42. The van der Waals surface area contributed by atoms with E-state index in [1.165, 1.54) is 11.1 Å². The first-order valence-corrected chi connectivity index (χ1v) is 6.45. The maximum absolute atomic E-state index is 4.24. The Morgan fingerprint density at radius 3 is 2.82 bits per heavy atom. The molecular weight excluding hydrogens is 230 g/mol. The van der Waals surface area contributed by atoms with Crippen LogP contribution >= 0.6 is 11.8 Å². The van der Waals surface area contributed by atoms with Crippen molar-refractivity contribution in [2.45, 2.75) is 17.7 Å².